The Morgan fingerprint density at radius 3 is 0.700 bits per heavy atom. The van der Waals surface area contributed by atoms with Gasteiger partial charge in [-0.1, -0.05) is 0 Å². The van der Waals surface area contributed by atoms with Crippen molar-refractivity contribution in [1.29, 1.82) is 0 Å². The molecule has 0 heterocycles. The van der Waals surface area contributed by atoms with E-state index in [4.69, 9.17) is 52.3 Å². The topological polar surface area (TPSA) is 357 Å². The number of hydrogen-bond acceptors (Lipinski definition) is 12. The van der Waals surface area contributed by atoms with E-state index in [1.54, 1.807) is 0 Å². The Hall–Kier alpha value is -4.40. The molecule has 0 rings (SSSR count). The molecule has 20 heteroatoms. The summed E-state index contributed by atoms with van der Waals surface area (Å²) in [6, 6.07) is 0. The van der Waals surface area contributed by atoms with Crippen molar-refractivity contribution in [2.75, 3.05) is 39.3 Å². The second-order valence-corrected chi connectivity index (χ2v) is 8.59. The average Bonchev–Trinajstić information content (AvgIpc) is 2.68. The van der Waals surface area contributed by atoms with Gasteiger partial charge in [-0.3, -0.25) is 48.2 Å². The summed E-state index contributed by atoms with van der Waals surface area (Å²) in [6.45, 7) is -2.25. The van der Waals surface area contributed by atoms with Crippen molar-refractivity contribution in [2.45, 2.75) is 36.8 Å². The van der Waals surface area contributed by atoms with Gasteiger partial charge in [0.1, 0.15) is 0 Å². The summed E-state index contributed by atoms with van der Waals surface area (Å²) < 4.78 is 0. The molecule has 0 bridgehead atoms. The first-order valence-corrected chi connectivity index (χ1v) is 10.9. The van der Waals surface area contributed by atoms with Crippen LogP contribution >= 0.6 is 0 Å². The van der Waals surface area contributed by atoms with Crippen LogP contribution in [0.15, 0.2) is 0 Å². The molecule has 0 aliphatic heterocycles. The number of carboxylic acid groups (broad SMARTS) is 8. The minimum Gasteiger partial charge on any atom is -0.481 e. The fraction of sp³-hybridized carbons (Fsp3) is 0.600. The second kappa shape index (κ2) is 17.2. The molecule has 0 saturated carbocycles. The lowest BCUT2D eigenvalue weighted by Crippen LogP contribution is -2.68. The van der Waals surface area contributed by atoms with Crippen LogP contribution in [0.1, 0.15) is 25.7 Å². The van der Waals surface area contributed by atoms with E-state index in [2.05, 4.69) is 0 Å². The van der Waals surface area contributed by atoms with E-state index < -0.39 is 111 Å². The lowest BCUT2D eigenvalue weighted by atomic mass is 9.69. The van der Waals surface area contributed by atoms with Crippen molar-refractivity contribution < 1.29 is 79.2 Å². The SMILES string of the molecule is NC(CC(=O)O)(CC(=O)O)C(N)(CC(=O)O)CC(=O)O.O=C(O)CN(CCN(CC(=O)O)CC(=O)O)CC(=O)O. The molecule has 0 amide bonds. The van der Waals surface area contributed by atoms with Gasteiger partial charge < -0.3 is 52.3 Å². The molecule has 0 spiro atoms. The monoisotopic (exact) mass is 584 g/mol. The smallest absolute Gasteiger partial charge is 0.317 e. The Morgan fingerprint density at radius 1 is 0.400 bits per heavy atom. The Bertz CT molecular complexity index is 828. The van der Waals surface area contributed by atoms with E-state index in [-0.39, 0.29) is 13.1 Å². The van der Waals surface area contributed by atoms with Crippen molar-refractivity contribution in [3.05, 3.63) is 0 Å². The number of carbonyl (C=O) groups is 8. The van der Waals surface area contributed by atoms with E-state index in [0.717, 1.165) is 9.80 Å². The first kappa shape index (κ1) is 37.8. The number of rotatable bonds is 20. The molecular formula is C20H32N4O16. The van der Waals surface area contributed by atoms with Gasteiger partial charge in [-0.15, -0.1) is 0 Å². The molecule has 20 nitrogen and oxygen atoms in total. The molecule has 0 aliphatic rings. The standard InChI is InChI=1S/2C10H16N2O8/c11-9(1-5(13)14,2-6(15)16)10(12,3-7(17)18)4-8(19)20;13-7(14)3-11(4-8(15)16)1-2-12(5-9(17)18)6-10(19)20/h1-4,11-12H2,(H,13,14)(H,15,16)(H,17,18)(H,19,20);1-6H2,(H,13,14)(H,15,16)(H,17,18)(H,19,20). The quantitative estimate of drug-likeness (QED) is 0.0655. The van der Waals surface area contributed by atoms with Gasteiger partial charge in [0.25, 0.3) is 0 Å². The first-order valence-electron chi connectivity index (χ1n) is 10.9. The number of aliphatic carboxylic acids is 8. The van der Waals surface area contributed by atoms with Gasteiger partial charge in [0, 0.05) is 13.1 Å². The maximum atomic E-state index is 10.8. The molecule has 0 unspecified atom stereocenters. The van der Waals surface area contributed by atoms with E-state index in [1.807, 2.05) is 0 Å². The molecule has 0 radical (unpaired) electrons. The predicted octanol–water partition coefficient (Wildman–Crippen LogP) is -3.79. The third-order valence-corrected chi connectivity index (χ3v) is 5.03. The zero-order valence-electron chi connectivity index (χ0n) is 21.0. The van der Waals surface area contributed by atoms with Crippen molar-refractivity contribution in [1.82, 2.24) is 9.80 Å². The zero-order chi connectivity index (χ0) is 31.8. The number of nitrogens with two attached hydrogens (primary N) is 2. The van der Waals surface area contributed by atoms with Crippen LogP contribution in [-0.4, -0.2) is 149 Å². The highest BCUT2D eigenvalue weighted by Crippen LogP contribution is 2.31. The van der Waals surface area contributed by atoms with E-state index in [1.165, 1.54) is 0 Å². The van der Waals surface area contributed by atoms with Gasteiger partial charge in [-0.2, -0.15) is 0 Å². The molecule has 228 valence electrons. The van der Waals surface area contributed by atoms with Gasteiger partial charge in [-0.25, -0.2) is 0 Å². The Balaban J connectivity index is 0. The van der Waals surface area contributed by atoms with Crippen LogP contribution < -0.4 is 11.5 Å². The number of nitrogens with zero attached hydrogens (tertiary/aromatic N) is 2. The van der Waals surface area contributed by atoms with Gasteiger partial charge in [-0.05, 0) is 0 Å². The van der Waals surface area contributed by atoms with Gasteiger partial charge in [0.2, 0.25) is 0 Å². The van der Waals surface area contributed by atoms with E-state index in [9.17, 15) is 38.4 Å². The summed E-state index contributed by atoms with van der Waals surface area (Å²) in [5, 5.41) is 69.5. The molecule has 12 N–H and O–H groups in total. The molecule has 0 aromatic carbocycles. The third kappa shape index (κ3) is 17.2. The maximum absolute atomic E-state index is 10.8. The fourth-order valence-corrected chi connectivity index (χ4v) is 3.38. The van der Waals surface area contributed by atoms with Crippen molar-refractivity contribution in [2.24, 2.45) is 11.5 Å². The highest BCUT2D eigenvalue weighted by Gasteiger charge is 2.51. The Morgan fingerprint density at radius 2 is 0.575 bits per heavy atom. The highest BCUT2D eigenvalue weighted by molar-refractivity contribution is 5.78. The highest BCUT2D eigenvalue weighted by atomic mass is 16.4. The van der Waals surface area contributed by atoms with Gasteiger partial charge in [0.15, 0.2) is 0 Å². The summed E-state index contributed by atoms with van der Waals surface area (Å²) in [5.74, 6) is -11.0. The van der Waals surface area contributed by atoms with Crippen molar-refractivity contribution in [3.8, 4) is 0 Å². The van der Waals surface area contributed by atoms with Crippen LogP contribution in [0.2, 0.25) is 0 Å². The van der Waals surface area contributed by atoms with Crippen molar-refractivity contribution >= 4 is 47.8 Å². The van der Waals surface area contributed by atoms with Crippen molar-refractivity contribution in [3.63, 3.8) is 0 Å². The third-order valence-electron chi connectivity index (χ3n) is 5.03. The lowest BCUT2D eigenvalue weighted by Gasteiger charge is -2.42. The molecule has 40 heavy (non-hydrogen) atoms. The maximum Gasteiger partial charge on any atom is 0.317 e. The number of hydrogen-bond donors (Lipinski definition) is 10. The fourth-order valence-electron chi connectivity index (χ4n) is 3.38. The Labute approximate surface area is 225 Å². The summed E-state index contributed by atoms with van der Waals surface area (Å²) in [4.78, 5) is 87.5. The van der Waals surface area contributed by atoms with E-state index in [0.29, 0.717) is 0 Å². The van der Waals surface area contributed by atoms with Crippen LogP contribution in [-0.2, 0) is 38.4 Å². The minimum absolute atomic E-state index is 0.0703. The zero-order valence-corrected chi connectivity index (χ0v) is 21.0. The average molecular weight is 584 g/mol. The largest absolute Gasteiger partial charge is 0.481 e. The molecule has 0 saturated heterocycles. The lowest BCUT2D eigenvalue weighted by molar-refractivity contribution is -0.150. The van der Waals surface area contributed by atoms with E-state index >= 15 is 0 Å². The molecule has 0 atom stereocenters. The second-order valence-electron chi connectivity index (χ2n) is 8.59. The summed E-state index contributed by atoms with van der Waals surface area (Å²) in [6.07, 6.45) is -3.90. The molecular weight excluding hydrogens is 552 g/mol. The van der Waals surface area contributed by atoms with Crippen LogP contribution in [0.5, 0.6) is 0 Å². The number of carboxylic acids is 8. The normalized spacial score (nSPS) is 11.3. The van der Waals surface area contributed by atoms with Crippen LogP contribution in [0.25, 0.3) is 0 Å². The molecule has 0 aliphatic carbocycles. The predicted molar refractivity (Wildman–Crippen MR) is 126 cm³/mol. The van der Waals surface area contributed by atoms with Gasteiger partial charge >= 0.3 is 47.8 Å². The Kier molecular flexibility index (Phi) is 16.3. The molecule has 0 aromatic rings. The minimum atomic E-state index is -2.22. The summed E-state index contributed by atoms with van der Waals surface area (Å²) in [7, 11) is 0. The van der Waals surface area contributed by atoms with Crippen LogP contribution in [0, 0.1) is 0 Å². The molecule has 0 fully saturated rings. The summed E-state index contributed by atoms with van der Waals surface area (Å²) in [5.41, 5.74) is 6.88. The molecule has 0 aromatic heterocycles. The van der Waals surface area contributed by atoms with Crippen LogP contribution in [0.3, 0.4) is 0 Å². The first-order chi connectivity index (χ1) is 18.1. The van der Waals surface area contributed by atoms with Gasteiger partial charge in [0.05, 0.1) is 62.9 Å². The van der Waals surface area contributed by atoms with Crippen LogP contribution in [0.4, 0.5) is 0 Å². The summed E-state index contributed by atoms with van der Waals surface area (Å²) >= 11 is 0.